The lowest BCUT2D eigenvalue weighted by atomic mass is 10.1. The minimum Gasteiger partial charge on any atom is -0.454 e. The molecule has 2 N–H and O–H groups in total. The van der Waals surface area contributed by atoms with Crippen LogP contribution in [0.1, 0.15) is 16.8 Å². The first-order chi connectivity index (χ1) is 11.7. The fourth-order valence-electron chi connectivity index (χ4n) is 2.19. The summed E-state index contributed by atoms with van der Waals surface area (Å²) in [6, 6.07) is 13.3. The summed E-state index contributed by atoms with van der Waals surface area (Å²) in [6.45, 7) is 0.164. The van der Waals surface area contributed by atoms with Crippen molar-refractivity contribution in [1.29, 1.82) is 5.26 Å². The highest BCUT2D eigenvalue weighted by atomic mass is 16.7. The molecule has 0 unspecified atom stereocenters. The Labute approximate surface area is 137 Å². The Morgan fingerprint density at radius 2 is 1.83 bits per heavy atom. The molecule has 1 aliphatic heterocycles. The number of fused-ring (bicyclic) bond motifs is 1. The average Bonchev–Trinajstić information content (AvgIpc) is 3.03. The van der Waals surface area contributed by atoms with Crippen molar-refractivity contribution in [2.45, 2.75) is 6.42 Å². The largest absolute Gasteiger partial charge is 0.454 e. The van der Waals surface area contributed by atoms with Crippen LogP contribution < -0.4 is 20.1 Å². The van der Waals surface area contributed by atoms with E-state index in [1.165, 1.54) is 6.07 Å². The zero-order valence-corrected chi connectivity index (χ0v) is 12.5. The van der Waals surface area contributed by atoms with Gasteiger partial charge in [-0.3, -0.25) is 9.59 Å². The minimum absolute atomic E-state index is 0.164. The summed E-state index contributed by atoms with van der Waals surface area (Å²) in [7, 11) is 0. The van der Waals surface area contributed by atoms with Crippen molar-refractivity contribution in [1.82, 2.24) is 0 Å². The Morgan fingerprint density at radius 3 is 2.67 bits per heavy atom. The van der Waals surface area contributed by atoms with Crippen molar-refractivity contribution in [2.75, 3.05) is 17.4 Å². The van der Waals surface area contributed by atoms with Crippen LogP contribution in [0, 0.1) is 11.3 Å². The molecule has 0 radical (unpaired) electrons. The fourth-order valence-corrected chi connectivity index (χ4v) is 2.19. The maximum Gasteiger partial charge on any atom is 0.255 e. The molecule has 0 spiro atoms. The molecular weight excluding hydrogens is 310 g/mol. The number of carbonyl (C=O) groups excluding carboxylic acids is 2. The van der Waals surface area contributed by atoms with Crippen molar-refractivity contribution < 1.29 is 19.1 Å². The number of nitriles is 1. The summed E-state index contributed by atoms with van der Waals surface area (Å²) < 4.78 is 10.5. The Bertz CT molecular complexity index is 842. The summed E-state index contributed by atoms with van der Waals surface area (Å²) in [5.74, 6) is 0.455. The third-order valence-corrected chi connectivity index (χ3v) is 3.28. The van der Waals surface area contributed by atoms with Gasteiger partial charge in [0.2, 0.25) is 12.7 Å². The third-order valence-electron chi connectivity index (χ3n) is 3.28. The van der Waals surface area contributed by atoms with Crippen LogP contribution in [-0.4, -0.2) is 18.6 Å². The second-order valence-electron chi connectivity index (χ2n) is 4.99. The number of nitrogens with one attached hydrogen (secondary N) is 2. The average molecular weight is 323 g/mol. The zero-order valence-electron chi connectivity index (χ0n) is 12.5. The normalized spacial score (nSPS) is 11.5. The predicted octanol–water partition coefficient (Wildman–Crippen LogP) is 2.52. The molecule has 0 atom stereocenters. The van der Waals surface area contributed by atoms with Gasteiger partial charge in [0.25, 0.3) is 5.91 Å². The van der Waals surface area contributed by atoms with E-state index in [0.717, 1.165) is 0 Å². The fraction of sp³-hybridized carbons (Fsp3) is 0.118. The van der Waals surface area contributed by atoms with E-state index < -0.39 is 5.91 Å². The first-order valence-corrected chi connectivity index (χ1v) is 7.13. The quantitative estimate of drug-likeness (QED) is 0.900. The van der Waals surface area contributed by atoms with Gasteiger partial charge in [-0.2, -0.15) is 5.26 Å². The van der Waals surface area contributed by atoms with Crippen molar-refractivity contribution in [3.05, 3.63) is 48.0 Å². The van der Waals surface area contributed by atoms with Crippen LogP contribution in [-0.2, 0) is 4.79 Å². The number of amides is 2. The van der Waals surface area contributed by atoms with E-state index >= 15 is 0 Å². The number of anilines is 2. The molecule has 7 nitrogen and oxygen atoms in total. The lowest BCUT2D eigenvalue weighted by Crippen LogP contribution is -2.14. The second-order valence-corrected chi connectivity index (χ2v) is 4.99. The molecule has 2 amide bonds. The lowest BCUT2D eigenvalue weighted by molar-refractivity contribution is -0.115. The Hall–Kier alpha value is -3.53. The van der Waals surface area contributed by atoms with Gasteiger partial charge in [0.1, 0.15) is 6.42 Å². The van der Waals surface area contributed by atoms with Gasteiger partial charge in [0.05, 0.1) is 6.07 Å². The van der Waals surface area contributed by atoms with Gasteiger partial charge < -0.3 is 20.1 Å². The van der Waals surface area contributed by atoms with Crippen molar-refractivity contribution in [2.24, 2.45) is 0 Å². The van der Waals surface area contributed by atoms with Crippen LogP contribution in [0.4, 0.5) is 11.4 Å². The summed E-state index contributed by atoms with van der Waals surface area (Å²) in [6.07, 6.45) is -0.242. The molecule has 0 aliphatic carbocycles. The summed E-state index contributed by atoms with van der Waals surface area (Å²) in [5.41, 5.74) is 1.40. The van der Waals surface area contributed by atoms with E-state index in [4.69, 9.17) is 14.7 Å². The van der Waals surface area contributed by atoms with Gasteiger partial charge in [0.15, 0.2) is 11.5 Å². The van der Waals surface area contributed by atoms with Crippen LogP contribution in [0.25, 0.3) is 0 Å². The molecule has 0 aromatic heterocycles. The van der Waals surface area contributed by atoms with Gasteiger partial charge in [-0.15, -0.1) is 0 Å². The molecule has 120 valence electrons. The van der Waals surface area contributed by atoms with Gasteiger partial charge in [0, 0.05) is 23.0 Å². The molecular formula is C17H13N3O4. The molecule has 0 fully saturated rings. The molecule has 24 heavy (non-hydrogen) atoms. The number of carbonyl (C=O) groups is 2. The summed E-state index contributed by atoms with van der Waals surface area (Å²) >= 11 is 0. The first kappa shape index (κ1) is 15.4. The van der Waals surface area contributed by atoms with Crippen LogP contribution in [0.15, 0.2) is 42.5 Å². The molecule has 3 rings (SSSR count). The monoisotopic (exact) mass is 323 g/mol. The first-order valence-electron chi connectivity index (χ1n) is 7.13. The predicted molar refractivity (Wildman–Crippen MR) is 85.8 cm³/mol. The highest BCUT2D eigenvalue weighted by molar-refractivity contribution is 6.05. The third kappa shape index (κ3) is 3.44. The lowest BCUT2D eigenvalue weighted by Gasteiger charge is -2.08. The molecule has 2 aromatic rings. The molecule has 1 heterocycles. The van der Waals surface area contributed by atoms with E-state index in [0.29, 0.717) is 28.4 Å². The summed E-state index contributed by atoms with van der Waals surface area (Å²) in [5, 5.41) is 13.8. The van der Waals surface area contributed by atoms with Crippen molar-refractivity contribution in [3.8, 4) is 17.6 Å². The van der Waals surface area contributed by atoms with Gasteiger partial charge in [-0.1, -0.05) is 6.07 Å². The SMILES string of the molecule is N#CCC(=O)Nc1cccc(C(=O)Nc2ccc3c(c2)OCO3)c1. The van der Waals surface area contributed by atoms with Crippen LogP contribution in [0.2, 0.25) is 0 Å². The molecule has 0 saturated carbocycles. The number of nitrogens with zero attached hydrogens (tertiary/aromatic N) is 1. The molecule has 7 heteroatoms. The Morgan fingerprint density at radius 1 is 1.04 bits per heavy atom. The topological polar surface area (TPSA) is 100 Å². The maximum absolute atomic E-state index is 12.3. The van der Waals surface area contributed by atoms with Crippen LogP contribution >= 0.6 is 0 Å². The maximum atomic E-state index is 12.3. The summed E-state index contributed by atoms with van der Waals surface area (Å²) in [4.78, 5) is 23.8. The highest BCUT2D eigenvalue weighted by Gasteiger charge is 2.15. The van der Waals surface area contributed by atoms with E-state index in [2.05, 4.69) is 10.6 Å². The molecule has 2 aromatic carbocycles. The number of rotatable bonds is 4. The van der Waals surface area contributed by atoms with Gasteiger partial charge in [-0.05, 0) is 30.3 Å². The van der Waals surface area contributed by atoms with E-state index in [-0.39, 0.29) is 19.1 Å². The van der Waals surface area contributed by atoms with Gasteiger partial charge in [-0.25, -0.2) is 0 Å². The van der Waals surface area contributed by atoms with Crippen molar-refractivity contribution >= 4 is 23.2 Å². The zero-order chi connectivity index (χ0) is 16.9. The standard InChI is InChI=1S/C17H13N3O4/c18-7-6-16(21)19-12-3-1-2-11(8-12)17(22)20-13-4-5-14-15(9-13)24-10-23-14/h1-5,8-9H,6,10H2,(H,19,21)(H,20,22). The van der Waals surface area contributed by atoms with E-state index in [1.807, 2.05) is 0 Å². The van der Waals surface area contributed by atoms with Crippen LogP contribution in [0.5, 0.6) is 11.5 Å². The van der Waals surface area contributed by atoms with Crippen molar-refractivity contribution in [3.63, 3.8) is 0 Å². The number of ether oxygens (including phenoxy) is 2. The van der Waals surface area contributed by atoms with E-state index in [9.17, 15) is 9.59 Å². The Balaban J connectivity index is 1.71. The number of hydrogen-bond donors (Lipinski definition) is 2. The minimum atomic E-state index is -0.425. The van der Waals surface area contributed by atoms with Gasteiger partial charge >= 0.3 is 0 Å². The number of benzene rings is 2. The number of hydrogen-bond acceptors (Lipinski definition) is 5. The highest BCUT2D eigenvalue weighted by Crippen LogP contribution is 2.34. The second kappa shape index (κ2) is 6.71. The van der Waals surface area contributed by atoms with Crippen LogP contribution in [0.3, 0.4) is 0 Å². The smallest absolute Gasteiger partial charge is 0.255 e. The molecule has 0 saturated heterocycles. The Kier molecular flexibility index (Phi) is 4.29. The molecule has 1 aliphatic rings. The molecule has 0 bridgehead atoms. The van der Waals surface area contributed by atoms with E-state index in [1.54, 1.807) is 42.5 Å².